The first kappa shape index (κ1) is 8.19. The van der Waals surface area contributed by atoms with Gasteiger partial charge in [-0.05, 0) is 12.1 Å². The molecule has 15 heavy (non-hydrogen) atoms. The van der Waals surface area contributed by atoms with E-state index in [2.05, 4.69) is 11.1 Å². The van der Waals surface area contributed by atoms with Crippen molar-refractivity contribution in [2.75, 3.05) is 0 Å². The van der Waals surface area contributed by atoms with E-state index in [9.17, 15) is 5.26 Å². The molecule has 1 aliphatic heterocycles. The lowest BCUT2D eigenvalue weighted by Gasteiger charge is -2.20. The summed E-state index contributed by atoms with van der Waals surface area (Å²) in [5.41, 5.74) is 2.08. The van der Waals surface area contributed by atoms with Crippen LogP contribution in [0.4, 0.5) is 5.69 Å². The lowest BCUT2D eigenvalue weighted by atomic mass is 9.77. The number of fused-ring (bicyclic) bond motifs is 3. The van der Waals surface area contributed by atoms with Crippen LogP contribution in [0.5, 0.6) is 0 Å². The van der Waals surface area contributed by atoms with Gasteiger partial charge in [0.25, 0.3) is 0 Å². The van der Waals surface area contributed by atoms with Crippen molar-refractivity contribution in [3.05, 3.63) is 54.1 Å². The maximum Gasteiger partial charge on any atom is 0.144 e. The largest absolute Gasteiger partial charge is 0.251 e. The van der Waals surface area contributed by atoms with Gasteiger partial charge in [-0.2, -0.15) is 5.26 Å². The molecule has 0 saturated heterocycles. The number of rotatable bonds is 0. The molecule has 1 aliphatic carbocycles. The molecular weight excluding hydrogens is 184 g/mol. The molecule has 0 aromatic heterocycles. The van der Waals surface area contributed by atoms with Crippen LogP contribution < -0.4 is 0 Å². The molecule has 0 N–H and O–H groups in total. The Kier molecular flexibility index (Phi) is 1.46. The molecule has 0 saturated carbocycles. The van der Waals surface area contributed by atoms with Crippen LogP contribution in [0.15, 0.2) is 53.6 Å². The molecule has 3 rings (SSSR count). The van der Waals surface area contributed by atoms with E-state index < -0.39 is 5.41 Å². The molecular formula is C13H8N2. The minimum absolute atomic E-state index is 0.647. The van der Waals surface area contributed by atoms with Crippen molar-refractivity contribution in [2.45, 2.75) is 5.41 Å². The predicted molar refractivity (Wildman–Crippen MR) is 59.1 cm³/mol. The van der Waals surface area contributed by atoms with Crippen molar-refractivity contribution >= 4 is 11.4 Å². The molecule has 1 aromatic rings. The first-order chi connectivity index (χ1) is 7.37. The van der Waals surface area contributed by atoms with Gasteiger partial charge in [0.15, 0.2) is 0 Å². The summed E-state index contributed by atoms with van der Waals surface area (Å²) in [4.78, 5) is 4.47. The number of allylic oxidation sites excluding steroid dienone is 4. The molecule has 2 aliphatic rings. The minimum Gasteiger partial charge on any atom is -0.251 e. The van der Waals surface area contributed by atoms with E-state index in [-0.39, 0.29) is 0 Å². The zero-order valence-corrected chi connectivity index (χ0v) is 8.01. The fourth-order valence-corrected chi connectivity index (χ4v) is 2.11. The standard InChI is InChI=1S/C13H8N2/c14-9-13-8-4-3-7-12(13)15-11-6-2-1-5-10(11)13/h1-8H. The van der Waals surface area contributed by atoms with Gasteiger partial charge in [0, 0.05) is 5.56 Å². The van der Waals surface area contributed by atoms with Gasteiger partial charge in [-0.25, -0.2) is 0 Å². The zero-order chi connectivity index (χ0) is 10.3. The monoisotopic (exact) mass is 192 g/mol. The smallest absolute Gasteiger partial charge is 0.144 e. The number of nitriles is 1. The highest BCUT2D eigenvalue weighted by atomic mass is 14.8. The molecule has 2 nitrogen and oxygen atoms in total. The Morgan fingerprint density at radius 1 is 1.20 bits per heavy atom. The Bertz CT molecular complexity index is 558. The van der Waals surface area contributed by atoms with Crippen LogP contribution in [0.1, 0.15) is 5.56 Å². The maximum atomic E-state index is 9.38. The van der Waals surface area contributed by atoms with Crippen molar-refractivity contribution in [1.82, 2.24) is 0 Å². The number of hydrogen-bond donors (Lipinski definition) is 0. The predicted octanol–water partition coefficient (Wildman–Crippen LogP) is 2.66. The average molecular weight is 192 g/mol. The first-order valence-corrected chi connectivity index (χ1v) is 4.83. The summed E-state index contributed by atoms with van der Waals surface area (Å²) >= 11 is 0. The maximum absolute atomic E-state index is 9.38. The molecule has 1 atom stereocenters. The summed E-state index contributed by atoms with van der Waals surface area (Å²) in [6.45, 7) is 0. The Morgan fingerprint density at radius 3 is 2.93 bits per heavy atom. The van der Waals surface area contributed by atoms with E-state index in [1.165, 1.54) is 0 Å². The second kappa shape index (κ2) is 2.68. The van der Waals surface area contributed by atoms with Gasteiger partial charge in [0.05, 0.1) is 17.5 Å². The summed E-state index contributed by atoms with van der Waals surface area (Å²) in [5.74, 6) is 0. The quantitative estimate of drug-likeness (QED) is 0.622. The third-order valence-electron chi connectivity index (χ3n) is 2.86. The van der Waals surface area contributed by atoms with Crippen LogP contribution in [0.2, 0.25) is 0 Å². The van der Waals surface area contributed by atoms with Crippen LogP contribution in [0.3, 0.4) is 0 Å². The molecule has 0 spiro atoms. The van der Waals surface area contributed by atoms with Gasteiger partial charge >= 0.3 is 0 Å². The van der Waals surface area contributed by atoms with E-state index in [0.717, 1.165) is 17.0 Å². The van der Waals surface area contributed by atoms with Crippen LogP contribution >= 0.6 is 0 Å². The van der Waals surface area contributed by atoms with Gasteiger partial charge in [0.1, 0.15) is 5.41 Å². The Labute approximate surface area is 87.9 Å². The SMILES string of the molecule is N#CC12C=CC=CC1=Nc1ccccc12. The number of benzene rings is 1. The third kappa shape index (κ3) is 0.897. The molecule has 70 valence electrons. The summed E-state index contributed by atoms with van der Waals surface area (Å²) in [7, 11) is 0. The van der Waals surface area contributed by atoms with E-state index >= 15 is 0 Å². The molecule has 0 bridgehead atoms. The van der Waals surface area contributed by atoms with Crippen molar-refractivity contribution in [2.24, 2.45) is 4.99 Å². The molecule has 0 amide bonds. The van der Waals surface area contributed by atoms with Gasteiger partial charge < -0.3 is 0 Å². The van der Waals surface area contributed by atoms with Gasteiger partial charge in [0.2, 0.25) is 0 Å². The number of nitrogens with zero attached hydrogens (tertiary/aromatic N) is 2. The summed E-state index contributed by atoms with van der Waals surface area (Å²) in [5, 5.41) is 9.38. The first-order valence-electron chi connectivity index (χ1n) is 4.83. The number of para-hydroxylation sites is 1. The van der Waals surface area contributed by atoms with Gasteiger partial charge in [-0.1, -0.05) is 36.4 Å². The highest BCUT2D eigenvalue weighted by Gasteiger charge is 2.41. The number of aliphatic imine (C=N–C) groups is 1. The highest BCUT2D eigenvalue weighted by Crippen LogP contribution is 2.42. The molecule has 1 aromatic carbocycles. The normalized spacial score (nSPS) is 25.4. The minimum atomic E-state index is -0.647. The topological polar surface area (TPSA) is 36.1 Å². The Balaban J connectivity index is 2.35. The van der Waals surface area contributed by atoms with Crippen molar-refractivity contribution in [3.8, 4) is 6.07 Å². The lowest BCUT2D eigenvalue weighted by Crippen LogP contribution is -2.28. The summed E-state index contributed by atoms with van der Waals surface area (Å²) in [6.07, 6.45) is 7.64. The molecule has 1 unspecified atom stereocenters. The summed E-state index contributed by atoms with van der Waals surface area (Å²) < 4.78 is 0. The van der Waals surface area contributed by atoms with E-state index in [4.69, 9.17) is 0 Å². The van der Waals surface area contributed by atoms with E-state index in [1.807, 2.05) is 48.6 Å². The molecule has 0 fully saturated rings. The van der Waals surface area contributed by atoms with Crippen LogP contribution in [-0.2, 0) is 5.41 Å². The van der Waals surface area contributed by atoms with Crippen LogP contribution in [-0.4, -0.2) is 5.71 Å². The van der Waals surface area contributed by atoms with Crippen molar-refractivity contribution in [1.29, 1.82) is 5.26 Å². The second-order valence-corrected chi connectivity index (χ2v) is 3.65. The van der Waals surface area contributed by atoms with Crippen LogP contribution in [0, 0.1) is 11.3 Å². The fourth-order valence-electron chi connectivity index (χ4n) is 2.11. The van der Waals surface area contributed by atoms with Crippen LogP contribution in [0.25, 0.3) is 0 Å². The molecule has 1 heterocycles. The Hall–Kier alpha value is -2.14. The highest BCUT2D eigenvalue weighted by molar-refractivity contribution is 6.13. The fraction of sp³-hybridized carbons (Fsp3) is 0.0769. The van der Waals surface area contributed by atoms with Crippen molar-refractivity contribution < 1.29 is 0 Å². The van der Waals surface area contributed by atoms with Gasteiger partial charge in [-0.3, -0.25) is 4.99 Å². The zero-order valence-electron chi connectivity index (χ0n) is 8.01. The number of hydrogen-bond acceptors (Lipinski definition) is 2. The summed E-state index contributed by atoms with van der Waals surface area (Å²) in [6, 6.07) is 10.2. The van der Waals surface area contributed by atoms with E-state index in [0.29, 0.717) is 0 Å². The van der Waals surface area contributed by atoms with E-state index in [1.54, 1.807) is 0 Å². The van der Waals surface area contributed by atoms with Crippen molar-refractivity contribution in [3.63, 3.8) is 0 Å². The lowest BCUT2D eigenvalue weighted by molar-refractivity contribution is 0.956. The Morgan fingerprint density at radius 2 is 2.07 bits per heavy atom. The average Bonchev–Trinajstić information content (AvgIpc) is 2.64. The molecule has 2 heteroatoms. The van der Waals surface area contributed by atoms with Gasteiger partial charge in [-0.15, -0.1) is 0 Å². The molecule has 0 radical (unpaired) electrons. The third-order valence-corrected chi connectivity index (χ3v) is 2.86. The second-order valence-electron chi connectivity index (χ2n) is 3.65.